The first kappa shape index (κ1) is 22.9. The van der Waals surface area contributed by atoms with Crippen LogP contribution in [-0.2, 0) is 11.1 Å². The molecular weight excluding hydrogens is 475 g/mol. The van der Waals surface area contributed by atoms with Crippen molar-refractivity contribution in [3.05, 3.63) is 70.2 Å². The van der Waals surface area contributed by atoms with E-state index in [1.807, 2.05) is 29.3 Å². The average molecular weight is 499 g/mol. The lowest BCUT2D eigenvalue weighted by Gasteiger charge is -2.33. The monoisotopic (exact) mass is 498 g/mol. The number of thioether (sulfide) groups is 1. The normalized spacial score (nSPS) is 22.3. The molecule has 176 valence electrons. The molecule has 0 radical (unpaired) electrons. The molecular formula is C23H23FN6O2S2. The molecule has 2 N–H and O–H groups in total. The van der Waals surface area contributed by atoms with Crippen molar-refractivity contribution < 1.29 is 14.3 Å². The van der Waals surface area contributed by atoms with Crippen molar-refractivity contribution in [1.82, 2.24) is 20.3 Å². The van der Waals surface area contributed by atoms with Gasteiger partial charge in [-0.15, -0.1) is 11.3 Å². The smallest absolute Gasteiger partial charge is 0.257 e. The van der Waals surface area contributed by atoms with E-state index in [9.17, 15) is 14.3 Å². The third-order valence-electron chi connectivity index (χ3n) is 5.98. The Kier molecular flexibility index (Phi) is 5.86. The largest absolute Gasteiger partial charge is 0.384 e. The van der Waals surface area contributed by atoms with E-state index in [-0.39, 0.29) is 17.5 Å². The van der Waals surface area contributed by atoms with Crippen molar-refractivity contribution in [3.63, 3.8) is 0 Å². The predicted octanol–water partition coefficient (Wildman–Crippen LogP) is 3.16. The van der Waals surface area contributed by atoms with E-state index in [0.717, 1.165) is 16.8 Å². The number of benzene rings is 1. The number of hydrogen-bond acceptors (Lipinski definition) is 9. The van der Waals surface area contributed by atoms with Crippen LogP contribution in [-0.4, -0.2) is 50.0 Å². The van der Waals surface area contributed by atoms with E-state index in [2.05, 4.69) is 20.3 Å². The number of hydrogen-bond donors (Lipinski definition) is 2. The van der Waals surface area contributed by atoms with Gasteiger partial charge >= 0.3 is 0 Å². The Bertz CT molecular complexity index is 1230. The summed E-state index contributed by atoms with van der Waals surface area (Å²) in [6.07, 6.45) is 2.91. The fraction of sp³-hybridized carbons (Fsp3) is 0.348. The molecule has 2 aliphatic heterocycles. The first-order valence-electron chi connectivity index (χ1n) is 10.7. The van der Waals surface area contributed by atoms with Crippen LogP contribution in [0.1, 0.15) is 34.8 Å². The number of aliphatic hydroxyl groups is 1. The van der Waals surface area contributed by atoms with Gasteiger partial charge in [0.05, 0.1) is 23.1 Å². The van der Waals surface area contributed by atoms with Crippen LogP contribution in [0, 0.1) is 11.7 Å². The van der Waals surface area contributed by atoms with Crippen LogP contribution in [0.3, 0.4) is 0 Å². The van der Waals surface area contributed by atoms with Crippen molar-refractivity contribution in [1.29, 1.82) is 0 Å². The van der Waals surface area contributed by atoms with Gasteiger partial charge < -0.3 is 15.3 Å². The van der Waals surface area contributed by atoms with Gasteiger partial charge in [-0.1, -0.05) is 30.0 Å². The van der Waals surface area contributed by atoms with E-state index in [1.54, 1.807) is 17.6 Å². The molecule has 34 heavy (non-hydrogen) atoms. The van der Waals surface area contributed by atoms with Gasteiger partial charge in [-0.2, -0.15) is 0 Å². The van der Waals surface area contributed by atoms with Crippen LogP contribution < -0.4 is 10.2 Å². The molecule has 8 nitrogen and oxygen atoms in total. The Morgan fingerprint density at radius 2 is 2.09 bits per heavy atom. The molecule has 0 aliphatic carbocycles. The van der Waals surface area contributed by atoms with E-state index in [0.29, 0.717) is 29.8 Å². The summed E-state index contributed by atoms with van der Waals surface area (Å²) < 4.78 is 14.3. The van der Waals surface area contributed by atoms with Crippen LogP contribution in [0.5, 0.6) is 0 Å². The molecule has 0 bridgehead atoms. The molecule has 1 aromatic carbocycles. The summed E-state index contributed by atoms with van der Waals surface area (Å²) in [6, 6.07) is 9.02. The van der Waals surface area contributed by atoms with Gasteiger partial charge in [-0.25, -0.2) is 19.4 Å². The Morgan fingerprint density at radius 1 is 1.29 bits per heavy atom. The first-order chi connectivity index (χ1) is 16.3. The summed E-state index contributed by atoms with van der Waals surface area (Å²) in [6.45, 7) is 4.04. The number of aromatic nitrogens is 3. The number of thiazole rings is 1. The van der Waals surface area contributed by atoms with Crippen LogP contribution in [0.15, 0.2) is 53.2 Å². The molecule has 0 spiro atoms. The second-order valence-electron chi connectivity index (χ2n) is 8.84. The summed E-state index contributed by atoms with van der Waals surface area (Å²) in [4.78, 5) is 33.6. The van der Waals surface area contributed by atoms with E-state index >= 15 is 0 Å². The van der Waals surface area contributed by atoms with Crippen LogP contribution in [0.2, 0.25) is 0 Å². The third kappa shape index (κ3) is 4.19. The van der Waals surface area contributed by atoms with Gasteiger partial charge in [0.2, 0.25) is 5.95 Å². The van der Waals surface area contributed by atoms with Gasteiger partial charge in [0.15, 0.2) is 11.0 Å². The molecule has 1 saturated heterocycles. The maximum atomic E-state index is 14.3. The minimum absolute atomic E-state index is 0.0482. The Morgan fingerprint density at radius 3 is 2.79 bits per heavy atom. The number of nitrogens with one attached hydrogen (secondary N) is 1. The van der Waals surface area contributed by atoms with Crippen LogP contribution >= 0.6 is 23.1 Å². The minimum atomic E-state index is -1.44. The zero-order chi connectivity index (χ0) is 23.9. The lowest BCUT2D eigenvalue weighted by atomic mass is 9.87. The number of carbonyl (C=O) groups excluding carboxylic acids is 1. The van der Waals surface area contributed by atoms with E-state index in [4.69, 9.17) is 4.99 Å². The zero-order valence-electron chi connectivity index (χ0n) is 18.6. The van der Waals surface area contributed by atoms with Crippen LogP contribution in [0.25, 0.3) is 0 Å². The van der Waals surface area contributed by atoms with Crippen molar-refractivity contribution in [2.45, 2.75) is 25.0 Å². The van der Waals surface area contributed by atoms with Crippen molar-refractivity contribution >= 4 is 40.1 Å². The lowest BCUT2D eigenvalue weighted by molar-refractivity contribution is 0.0693. The molecule has 5 rings (SSSR count). The van der Waals surface area contributed by atoms with E-state index in [1.165, 1.54) is 36.9 Å². The van der Waals surface area contributed by atoms with Gasteiger partial charge in [0, 0.05) is 30.0 Å². The van der Waals surface area contributed by atoms with Gasteiger partial charge in [-0.05, 0) is 26.0 Å². The Labute approximate surface area is 204 Å². The molecule has 2 aliphatic rings. The summed E-state index contributed by atoms with van der Waals surface area (Å²) in [5.41, 5.74) is 0.203. The molecule has 2 aromatic heterocycles. The maximum Gasteiger partial charge on any atom is 0.257 e. The quantitative estimate of drug-likeness (QED) is 0.570. The fourth-order valence-electron chi connectivity index (χ4n) is 4.29. The number of anilines is 1. The first-order valence-corrected chi connectivity index (χ1v) is 12.6. The summed E-state index contributed by atoms with van der Waals surface area (Å²) in [5, 5.41) is 13.8. The maximum absolute atomic E-state index is 14.3. The highest BCUT2D eigenvalue weighted by Gasteiger charge is 2.52. The lowest BCUT2D eigenvalue weighted by Crippen LogP contribution is -2.42. The van der Waals surface area contributed by atoms with Crippen molar-refractivity contribution in [2.24, 2.45) is 10.9 Å². The molecule has 1 unspecified atom stereocenters. The van der Waals surface area contributed by atoms with Crippen LogP contribution in [0.4, 0.5) is 10.3 Å². The number of amides is 1. The van der Waals surface area contributed by atoms with Gasteiger partial charge in [0.1, 0.15) is 16.8 Å². The topological polar surface area (TPSA) is 104 Å². The molecule has 3 aromatic rings. The number of halogens is 1. The van der Waals surface area contributed by atoms with Gasteiger partial charge in [-0.3, -0.25) is 9.78 Å². The molecule has 2 atom stereocenters. The summed E-state index contributed by atoms with van der Waals surface area (Å²) >= 11 is 3.01. The SMILES string of the molecule is CC(C)(O)c1nc(N2C[C@H]3CSC(NC(=O)c4ccccc4)=NC3(c3cncs3)C2)ncc1F. The van der Waals surface area contributed by atoms with Crippen molar-refractivity contribution in [2.75, 3.05) is 23.7 Å². The molecule has 11 heteroatoms. The fourth-order valence-corrected chi connectivity index (χ4v) is 6.26. The van der Waals surface area contributed by atoms with E-state index < -0.39 is 17.0 Å². The molecule has 4 heterocycles. The standard InChI is InChI=1S/C23H23FN6O2S2/c1-22(2,32)18-16(24)8-26-20(27-18)30-10-15-11-33-21(28-19(31)14-6-4-3-5-7-14)29-23(15,12-30)17-9-25-13-34-17/h3-9,13,15,32H,10-12H2,1-2H3,(H,28,29,31)/t15-,23?/m0/s1. The van der Waals surface area contributed by atoms with Crippen molar-refractivity contribution in [3.8, 4) is 0 Å². The Balaban J connectivity index is 1.48. The molecule has 1 fully saturated rings. The Hall–Kier alpha value is -2.89. The third-order valence-corrected chi connectivity index (χ3v) is 7.96. The molecule has 0 saturated carbocycles. The highest BCUT2D eigenvalue weighted by Crippen LogP contribution is 2.47. The number of carbonyl (C=O) groups is 1. The second kappa shape index (κ2) is 8.71. The highest BCUT2D eigenvalue weighted by atomic mass is 32.2. The number of rotatable bonds is 4. The summed E-state index contributed by atoms with van der Waals surface area (Å²) in [5.74, 6) is 0.309. The minimum Gasteiger partial charge on any atom is -0.384 e. The predicted molar refractivity (Wildman–Crippen MR) is 131 cm³/mol. The number of nitrogens with zero attached hydrogens (tertiary/aromatic N) is 5. The average Bonchev–Trinajstić information content (AvgIpc) is 3.48. The summed E-state index contributed by atoms with van der Waals surface area (Å²) in [7, 11) is 0. The van der Waals surface area contributed by atoms with Gasteiger partial charge in [0.25, 0.3) is 5.91 Å². The highest BCUT2D eigenvalue weighted by molar-refractivity contribution is 8.13. The zero-order valence-corrected chi connectivity index (χ0v) is 20.2. The molecule has 1 amide bonds. The second-order valence-corrected chi connectivity index (χ2v) is 10.7. The number of amidine groups is 1. The number of fused-ring (bicyclic) bond motifs is 1. The number of aliphatic imine (C=N–C) groups is 1.